The van der Waals surface area contributed by atoms with Crippen LogP contribution in [0, 0.1) is 11.3 Å². The zero-order chi connectivity index (χ0) is 8.69. The Labute approximate surface area is 64.3 Å². The fraction of sp³-hybridized carbons (Fsp3) is 0.143. The molecule has 0 amide bonds. The molecular formula is C7H7NO3. The van der Waals surface area contributed by atoms with E-state index in [4.69, 9.17) is 5.26 Å². The lowest BCUT2D eigenvalue weighted by atomic mass is 10.4. The van der Waals surface area contributed by atoms with Gasteiger partial charge in [0.2, 0.25) is 0 Å². The van der Waals surface area contributed by atoms with Crippen LogP contribution in [0.15, 0.2) is 25.7 Å². The highest BCUT2D eigenvalue weighted by Gasteiger charge is 2.18. The molecule has 0 aliphatic heterocycles. The summed E-state index contributed by atoms with van der Waals surface area (Å²) in [7, 11) is 0. The van der Waals surface area contributed by atoms with Crippen LogP contribution >= 0.6 is 0 Å². The SMILES string of the molecule is C=COC(=O)C(C#N)OC=C. The summed E-state index contributed by atoms with van der Waals surface area (Å²) in [5, 5.41) is 8.30. The van der Waals surface area contributed by atoms with Crippen molar-refractivity contribution in [3.8, 4) is 6.07 Å². The maximum atomic E-state index is 10.7. The maximum absolute atomic E-state index is 10.7. The van der Waals surface area contributed by atoms with Crippen LogP contribution in [0.5, 0.6) is 0 Å². The van der Waals surface area contributed by atoms with Crippen molar-refractivity contribution in [3.05, 3.63) is 25.7 Å². The van der Waals surface area contributed by atoms with Gasteiger partial charge in [-0.1, -0.05) is 13.2 Å². The van der Waals surface area contributed by atoms with Crippen LogP contribution in [0.25, 0.3) is 0 Å². The Morgan fingerprint density at radius 1 is 1.55 bits per heavy atom. The summed E-state index contributed by atoms with van der Waals surface area (Å²) >= 11 is 0. The molecule has 1 unspecified atom stereocenters. The molecule has 0 aromatic rings. The lowest BCUT2D eigenvalue weighted by molar-refractivity contribution is -0.144. The molecule has 0 spiro atoms. The third-order valence-electron chi connectivity index (χ3n) is 0.763. The van der Waals surface area contributed by atoms with E-state index in [0.717, 1.165) is 12.5 Å². The van der Waals surface area contributed by atoms with Gasteiger partial charge in [-0.15, -0.1) is 0 Å². The van der Waals surface area contributed by atoms with Gasteiger partial charge in [0.05, 0.1) is 12.5 Å². The average Bonchev–Trinajstić information content (AvgIpc) is 2.00. The molecule has 0 aromatic heterocycles. The van der Waals surface area contributed by atoms with Crippen LogP contribution in [0.2, 0.25) is 0 Å². The van der Waals surface area contributed by atoms with Crippen LogP contribution in [-0.2, 0) is 14.3 Å². The number of carbonyl (C=O) groups excluding carboxylic acids is 1. The van der Waals surface area contributed by atoms with Crippen molar-refractivity contribution < 1.29 is 14.3 Å². The molecule has 0 bridgehead atoms. The summed E-state index contributed by atoms with van der Waals surface area (Å²) in [5.41, 5.74) is 0. The standard InChI is InChI=1S/C7H7NO3/c1-3-10-6(5-8)7(9)11-4-2/h3-4,6H,1-2H2. The van der Waals surface area contributed by atoms with Crippen molar-refractivity contribution in [2.24, 2.45) is 0 Å². The third-order valence-corrected chi connectivity index (χ3v) is 0.763. The van der Waals surface area contributed by atoms with E-state index in [1.54, 1.807) is 6.07 Å². The molecule has 0 saturated carbocycles. The van der Waals surface area contributed by atoms with E-state index in [1.807, 2.05) is 0 Å². The second kappa shape index (κ2) is 5.06. The van der Waals surface area contributed by atoms with Crippen LogP contribution in [0.1, 0.15) is 0 Å². The van der Waals surface area contributed by atoms with Crippen molar-refractivity contribution in [3.63, 3.8) is 0 Å². The fourth-order valence-corrected chi connectivity index (χ4v) is 0.379. The second-order valence-corrected chi connectivity index (χ2v) is 1.42. The van der Waals surface area contributed by atoms with Gasteiger partial charge >= 0.3 is 5.97 Å². The molecule has 4 heteroatoms. The third kappa shape index (κ3) is 3.06. The zero-order valence-electron chi connectivity index (χ0n) is 5.82. The number of esters is 1. The minimum Gasteiger partial charge on any atom is -0.472 e. The molecule has 0 aliphatic carbocycles. The number of nitrogens with zero attached hydrogens (tertiary/aromatic N) is 1. The Bertz CT molecular complexity index is 204. The normalized spacial score (nSPS) is 10.5. The summed E-state index contributed by atoms with van der Waals surface area (Å²) in [6.07, 6.45) is 0.669. The van der Waals surface area contributed by atoms with Crippen LogP contribution in [-0.4, -0.2) is 12.1 Å². The van der Waals surface area contributed by atoms with E-state index in [-0.39, 0.29) is 0 Å². The largest absolute Gasteiger partial charge is 0.472 e. The molecular weight excluding hydrogens is 146 g/mol. The van der Waals surface area contributed by atoms with Crippen LogP contribution in [0.4, 0.5) is 0 Å². The van der Waals surface area contributed by atoms with Gasteiger partial charge < -0.3 is 9.47 Å². The van der Waals surface area contributed by atoms with E-state index in [9.17, 15) is 4.79 Å². The topological polar surface area (TPSA) is 59.3 Å². The predicted octanol–water partition coefficient (Wildman–Crippen LogP) is 0.725. The minimum absolute atomic E-state index is 0.803. The molecule has 0 aliphatic rings. The molecule has 0 rings (SSSR count). The van der Waals surface area contributed by atoms with Gasteiger partial charge in [0.1, 0.15) is 6.07 Å². The highest BCUT2D eigenvalue weighted by Crippen LogP contribution is 1.94. The molecule has 0 aromatic carbocycles. The average molecular weight is 153 g/mol. The van der Waals surface area contributed by atoms with Gasteiger partial charge in [0.15, 0.2) is 0 Å². The summed E-state index contributed by atoms with van der Waals surface area (Å²) < 4.78 is 8.76. The number of carbonyl (C=O) groups is 1. The second-order valence-electron chi connectivity index (χ2n) is 1.42. The monoisotopic (exact) mass is 153 g/mol. The molecule has 0 heterocycles. The van der Waals surface area contributed by atoms with Crippen molar-refractivity contribution in [1.29, 1.82) is 5.26 Å². The van der Waals surface area contributed by atoms with E-state index >= 15 is 0 Å². The summed E-state index contributed by atoms with van der Waals surface area (Å²) in [6.45, 7) is 6.33. The Hall–Kier alpha value is -1.76. The van der Waals surface area contributed by atoms with E-state index < -0.39 is 12.1 Å². The van der Waals surface area contributed by atoms with Gasteiger partial charge in [0.25, 0.3) is 6.10 Å². The molecule has 58 valence electrons. The van der Waals surface area contributed by atoms with E-state index in [1.165, 1.54) is 0 Å². The van der Waals surface area contributed by atoms with Gasteiger partial charge in [-0.25, -0.2) is 4.79 Å². The molecule has 0 fully saturated rings. The number of hydrogen-bond acceptors (Lipinski definition) is 4. The Morgan fingerprint density at radius 2 is 2.18 bits per heavy atom. The molecule has 1 atom stereocenters. The van der Waals surface area contributed by atoms with Crippen molar-refractivity contribution in [2.75, 3.05) is 0 Å². The number of nitriles is 1. The van der Waals surface area contributed by atoms with Crippen LogP contribution in [0.3, 0.4) is 0 Å². The minimum atomic E-state index is -1.26. The first-order valence-corrected chi connectivity index (χ1v) is 2.73. The lowest BCUT2D eigenvalue weighted by Crippen LogP contribution is -2.21. The smallest absolute Gasteiger partial charge is 0.367 e. The van der Waals surface area contributed by atoms with Gasteiger partial charge in [0, 0.05) is 0 Å². The quantitative estimate of drug-likeness (QED) is 0.441. The van der Waals surface area contributed by atoms with Gasteiger partial charge in [-0.3, -0.25) is 0 Å². The Kier molecular flexibility index (Phi) is 4.25. The number of rotatable bonds is 4. The first kappa shape index (κ1) is 9.24. The molecule has 0 saturated heterocycles. The van der Waals surface area contributed by atoms with E-state index in [2.05, 4.69) is 22.6 Å². The van der Waals surface area contributed by atoms with Crippen molar-refractivity contribution >= 4 is 5.97 Å². The zero-order valence-corrected chi connectivity index (χ0v) is 5.82. The van der Waals surface area contributed by atoms with Crippen molar-refractivity contribution in [1.82, 2.24) is 0 Å². The first-order chi connectivity index (χ1) is 5.26. The molecule has 0 radical (unpaired) electrons. The summed E-state index contributed by atoms with van der Waals surface area (Å²) in [4.78, 5) is 10.7. The van der Waals surface area contributed by atoms with Crippen LogP contribution < -0.4 is 0 Å². The van der Waals surface area contributed by atoms with Crippen molar-refractivity contribution in [2.45, 2.75) is 6.10 Å². The summed E-state index contributed by atoms with van der Waals surface area (Å²) in [5.74, 6) is -0.803. The lowest BCUT2D eigenvalue weighted by Gasteiger charge is -2.04. The maximum Gasteiger partial charge on any atom is 0.367 e. The number of hydrogen-bond donors (Lipinski definition) is 0. The highest BCUT2D eigenvalue weighted by molar-refractivity contribution is 5.78. The Morgan fingerprint density at radius 3 is 2.55 bits per heavy atom. The number of ether oxygens (including phenoxy) is 2. The summed E-state index contributed by atoms with van der Waals surface area (Å²) in [6, 6.07) is 1.57. The Balaban J connectivity index is 4.04. The highest BCUT2D eigenvalue weighted by atomic mass is 16.6. The molecule has 4 nitrogen and oxygen atoms in total. The predicted molar refractivity (Wildman–Crippen MR) is 37.0 cm³/mol. The molecule has 0 N–H and O–H groups in total. The molecule has 11 heavy (non-hydrogen) atoms. The van der Waals surface area contributed by atoms with Gasteiger partial charge in [-0.2, -0.15) is 5.26 Å². The first-order valence-electron chi connectivity index (χ1n) is 2.73. The van der Waals surface area contributed by atoms with Gasteiger partial charge in [-0.05, 0) is 0 Å². The van der Waals surface area contributed by atoms with E-state index in [0.29, 0.717) is 0 Å². The fourth-order valence-electron chi connectivity index (χ4n) is 0.379.